The van der Waals surface area contributed by atoms with Crippen molar-refractivity contribution in [2.24, 2.45) is 5.73 Å². The largest absolute Gasteiger partial charge is 0.450 e. The molecule has 0 bridgehead atoms. The zero-order valence-corrected chi connectivity index (χ0v) is 11.9. The molecule has 0 aliphatic carbocycles. The van der Waals surface area contributed by atoms with Crippen LogP contribution < -0.4 is 10.5 Å². The van der Waals surface area contributed by atoms with Crippen LogP contribution in [-0.2, 0) is 6.42 Å². The van der Waals surface area contributed by atoms with Crippen molar-refractivity contribution in [3.05, 3.63) is 57.8 Å². The van der Waals surface area contributed by atoms with Crippen molar-refractivity contribution in [3.63, 3.8) is 0 Å². The Balaban J connectivity index is 2.33. The minimum Gasteiger partial charge on any atom is -0.450 e. The smallest absolute Gasteiger partial charge is 0.198 e. The average molecular weight is 346 g/mol. The van der Waals surface area contributed by atoms with Gasteiger partial charge in [0, 0.05) is 0 Å². The highest BCUT2D eigenvalue weighted by Gasteiger charge is 2.15. The summed E-state index contributed by atoms with van der Waals surface area (Å²) in [6.45, 7) is 0.294. The first-order valence-electron chi connectivity index (χ1n) is 5.82. The number of rotatable bonds is 4. The molecule has 2 aromatic carbocycles. The SMILES string of the molecule is NCCc1cc(F)c(Oc2ccc(F)cc2Br)c(F)c1. The number of nitrogens with two attached hydrogens (primary N) is 1. The van der Waals surface area contributed by atoms with Crippen LogP contribution >= 0.6 is 15.9 Å². The van der Waals surface area contributed by atoms with Gasteiger partial charge in [-0.3, -0.25) is 0 Å². The Bertz CT molecular complexity index is 611. The Labute approximate surface area is 122 Å². The van der Waals surface area contributed by atoms with Gasteiger partial charge >= 0.3 is 0 Å². The lowest BCUT2D eigenvalue weighted by Crippen LogP contribution is -2.04. The molecule has 0 heterocycles. The lowest BCUT2D eigenvalue weighted by molar-refractivity contribution is 0.404. The average Bonchev–Trinajstić information content (AvgIpc) is 2.36. The van der Waals surface area contributed by atoms with Crippen LogP contribution in [0.3, 0.4) is 0 Å². The first kappa shape index (κ1) is 14.9. The molecule has 2 N–H and O–H groups in total. The topological polar surface area (TPSA) is 35.2 Å². The van der Waals surface area contributed by atoms with E-state index >= 15 is 0 Å². The molecule has 0 fully saturated rings. The number of benzene rings is 2. The molecule has 0 amide bonds. The lowest BCUT2D eigenvalue weighted by Gasteiger charge is -2.11. The lowest BCUT2D eigenvalue weighted by atomic mass is 10.1. The summed E-state index contributed by atoms with van der Waals surface area (Å²) >= 11 is 3.07. The molecule has 0 unspecified atom stereocenters. The third-order valence-electron chi connectivity index (χ3n) is 2.60. The number of hydrogen-bond donors (Lipinski definition) is 1. The summed E-state index contributed by atoms with van der Waals surface area (Å²) in [5, 5.41) is 0. The van der Waals surface area contributed by atoms with Crippen LogP contribution in [0.15, 0.2) is 34.8 Å². The molecule has 0 aliphatic heterocycles. The first-order valence-corrected chi connectivity index (χ1v) is 6.61. The zero-order valence-electron chi connectivity index (χ0n) is 10.3. The van der Waals surface area contributed by atoms with E-state index in [-0.39, 0.29) is 10.2 Å². The second-order valence-corrected chi connectivity index (χ2v) is 4.96. The minimum absolute atomic E-state index is 0.121. The van der Waals surface area contributed by atoms with Crippen molar-refractivity contribution in [1.82, 2.24) is 0 Å². The fourth-order valence-corrected chi connectivity index (χ4v) is 2.12. The van der Waals surface area contributed by atoms with Crippen molar-refractivity contribution >= 4 is 15.9 Å². The maximum absolute atomic E-state index is 13.8. The van der Waals surface area contributed by atoms with Crippen LogP contribution in [-0.4, -0.2) is 6.54 Å². The standard InChI is InChI=1S/C14H11BrF3NO/c15-10-7-9(16)1-2-13(10)20-14-11(17)5-8(3-4-19)6-12(14)18/h1-2,5-7H,3-4,19H2. The maximum Gasteiger partial charge on any atom is 0.198 e. The molecule has 6 heteroatoms. The van der Waals surface area contributed by atoms with Gasteiger partial charge in [-0.25, -0.2) is 13.2 Å². The highest BCUT2D eigenvalue weighted by molar-refractivity contribution is 9.10. The van der Waals surface area contributed by atoms with E-state index in [4.69, 9.17) is 10.5 Å². The fraction of sp³-hybridized carbons (Fsp3) is 0.143. The summed E-state index contributed by atoms with van der Waals surface area (Å²) in [5.41, 5.74) is 5.79. The van der Waals surface area contributed by atoms with Gasteiger partial charge in [0.05, 0.1) is 4.47 Å². The van der Waals surface area contributed by atoms with Crippen molar-refractivity contribution in [1.29, 1.82) is 0 Å². The Morgan fingerprint density at radius 3 is 2.25 bits per heavy atom. The Morgan fingerprint density at radius 2 is 1.70 bits per heavy atom. The van der Waals surface area contributed by atoms with Crippen molar-refractivity contribution in [2.45, 2.75) is 6.42 Å². The van der Waals surface area contributed by atoms with E-state index < -0.39 is 23.2 Å². The molecule has 0 radical (unpaired) electrons. The van der Waals surface area contributed by atoms with Crippen molar-refractivity contribution in [2.75, 3.05) is 6.54 Å². The monoisotopic (exact) mass is 345 g/mol. The van der Waals surface area contributed by atoms with Crippen molar-refractivity contribution in [3.8, 4) is 11.5 Å². The molecule has 0 spiro atoms. The molecular weight excluding hydrogens is 335 g/mol. The van der Waals surface area contributed by atoms with Gasteiger partial charge in [-0.05, 0) is 64.8 Å². The Kier molecular flexibility index (Phi) is 4.67. The van der Waals surface area contributed by atoms with Gasteiger partial charge < -0.3 is 10.5 Å². The predicted molar refractivity (Wildman–Crippen MR) is 73.3 cm³/mol. The number of hydrogen-bond acceptors (Lipinski definition) is 2. The maximum atomic E-state index is 13.8. The molecule has 2 aromatic rings. The summed E-state index contributed by atoms with van der Waals surface area (Å²) in [6, 6.07) is 5.91. The van der Waals surface area contributed by atoms with Gasteiger partial charge in [0.25, 0.3) is 0 Å². The second-order valence-electron chi connectivity index (χ2n) is 4.10. The summed E-state index contributed by atoms with van der Waals surface area (Å²) in [5.74, 6) is -2.55. The molecule has 20 heavy (non-hydrogen) atoms. The van der Waals surface area contributed by atoms with Gasteiger partial charge in [-0.1, -0.05) is 0 Å². The van der Waals surface area contributed by atoms with Crippen molar-refractivity contribution < 1.29 is 17.9 Å². The Morgan fingerprint density at radius 1 is 1.05 bits per heavy atom. The quantitative estimate of drug-likeness (QED) is 0.902. The van der Waals surface area contributed by atoms with Gasteiger partial charge in [0.15, 0.2) is 17.4 Å². The highest BCUT2D eigenvalue weighted by Crippen LogP contribution is 2.33. The summed E-state index contributed by atoms with van der Waals surface area (Å²) < 4.78 is 46.0. The van der Waals surface area contributed by atoms with E-state index in [1.807, 2.05) is 0 Å². The first-order chi connectivity index (χ1) is 9.51. The second kappa shape index (κ2) is 6.28. The minimum atomic E-state index is -0.829. The predicted octanol–water partition coefficient (Wildman–Crippen LogP) is 4.16. The zero-order chi connectivity index (χ0) is 14.7. The van der Waals surface area contributed by atoms with E-state index in [0.717, 1.165) is 12.1 Å². The van der Waals surface area contributed by atoms with E-state index in [2.05, 4.69) is 15.9 Å². The van der Waals surface area contributed by atoms with Crippen LogP contribution in [0.25, 0.3) is 0 Å². The highest BCUT2D eigenvalue weighted by atomic mass is 79.9. The molecule has 0 saturated heterocycles. The summed E-state index contributed by atoms with van der Waals surface area (Å²) in [4.78, 5) is 0. The van der Waals surface area contributed by atoms with E-state index in [1.165, 1.54) is 18.2 Å². The van der Waals surface area contributed by atoms with Crippen LogP contribution in [0.2, 0.25) is 0 Å². The molecule has 2 nitrogen and oxygen atoms in total. The van der Waals surface area contributed by atoms with Gasteiger partial charge in [0.1, 0.15) is 11.6 Å². The molecule has 0 aromatic heterocycles. The molecule has 0 saturated carbocycles. The van der Waals surface area contributed by atoms with Gasteiger partial charge in [0.2, 0.25) is 0 Å². The number of ether oxygens (including phenoxy) is 1. The Hall–Kier alpha value is -1.53. The third-order valence-corrected chi connectivity index (χ3v) is 3.22. The molecule has 0 atom stereocenters. The molecule has 0 aliphatic rings. The van der Waals surface area contributed by atoms with E-state index in [9.17, 15) is 13.2 Å². The van der Waals surface area contributed by atoms with Crippen LogP contribution in [0.1, 0.15) is 5.56 Å². The molecular formula is C14H11BrF3NO. The van der Waals surface area contributed by atoms with Gasteiger partial charge in [-0.15, -0.1) is 0 Å². The fourth-order valence-electron chi connectivity index (χ4n) is 1.69. The van der Waals surface area contributed by atoms with Gasteiger partial charge in [-0.2, -0.15) is 0 Å². The van der Waals surface area contributed by atoms with E-state index in [1.54, 1.807) is 0 Å². The van der Waals surface area contributed by atoms with Crippen LogP contribution in [0, 0.1) is 17.5 Å². The normalized spacial score (nSPS) is 10.7. The molecule has 106 valence electrons. The van der Waals surface area contributed by atoms with Crippen LogP contribution in [0.5, 0.6) is 11.5 Å². The van der Waals surface area contributed by atoms with Crippen LogP contribution in [0.4, 0.5) is 13.2 Å². The molecule has 2 rings (SSSR count). The number of halogens is 4. The van der Waals surface area contributed by atoms with E-state index in [0.29, 0.717) is 18.5 Å². The third kappa shape index (κ3) is 3.32. The summed E-state index contributed by atoms with van der Waals surface area (Å²) in [7, 11) is 0. The summed E-state index contributed by atoms with van der Waals surface area (Å²) in [6.07, 6.45) is 0.369.